The van der Waals surface area contributed by atoms with E-state index in [2.05, 4.69) is 0 Å². The molecule has 0 aliphatic rings. The molecule has 0 spiro atoms. The Labute approximate surface area is 153 Å². The van der Waals surface area contributed by atoms with Crippen LogP contribution in [0, 0.1) is 0 Å². The van der Waals surface area contributed by atoms with Crippen LogP contribution in [-0.2, 0) is 4.79 Å². The van der Waals surface area contributed by atoms with E-state index in [4.69, 9.17) is 28.9 Å². The smallest absolute Gasteiger partial charge is 0.336 e. The van der Waals surface area contributed by atoms with Crippen molar-refractivity contribution in [2.45, 2.75) is 5.92 Å². The zero-order valence-electron chi connectivity index (χ0n) is 12.9. The maximum absolute atomic E-state index is 12.2. The van der Waals surface area contributed by atoms with Crippen LogP contribution < -0.4 is 5.73 Å². The van der Waals surface area contributed by atoms with Crippen molar-refractivity contribution in [3.8, 4) is 0 Å². The first-order chi connectivity index (χ1) is 11.9. The van der Waals surface area contributed by atoms with Gasteiger partial charge in [0.05, 0.1) is 21.5 Å². The summed E-state index contributed by atoms with van der Waals surface area (Å²) in [6, 6.07) is 15.2. The number of halogens is 2. The van der Waals surface area contributed by atoms with Crippen LogP contribution in [0.1, 0.15) is 27.4 Å². The number of carbonyl (C=O) groups excluding carboxylic acids is 1. The van der Waals surface area contributed by atoms with Gasteiger partial charge >= 0.3 is 5.97 Å². The molecule has 126 valence electrons. The first-order valence-electron chi connectivity index (χ1n) is 7.38. The minimum absolute atomic E-state index is 0.0218. The van der Waals surface area contributed by atoms with Gasteiger partial charge < -0.3 is 10.8 Å². The summed E-state index contributed by atoms with van der Waals surface area (Å²) in [5.74, 6) is -2.76. The molecule has 0 aliphatic carbocycles. The molecule has 3 N–H and O–H groups in total. The van der Waals surface area contributed by atoms with E-state index in [1.165, 1.54) is 6.07 Å². The van der Waals surface area contributed by atoms with Crippen LogP contribution in [0.3, 0.4) is 0 Å². The number of carbonyl (C=O) groups is 2. The average molecular weight is 374 g/mol. The first-order valence-corrected chi connectivity index (χ1v) is 8.14. The van der Waals surface area contributed by atoms with Gasteiger partial charge in [-0.3, -0.25) is 4.79 Å². The number of aromatic carboxylic acids is 1. The van der Waals surface area contributed by atoms with Gasteiger partial charge in [-0.05, 0) is 46.2 Å². The minimum Gasteiger partial charge on any atom is -0.478 e. The fourth-order valence-corrected chi connectivity index (χ4v) is 3.18. The SMILES string of the molecule is NC(=O)C(c1ccc(Cl)c(Cl)c1)c1cc2ccccc2cc1C(=O)O. The number of hydrogen-bond donors (Lipinski definition) is 2. The van der Waals surface area contributed by atoms with Crippen molar-refractivity contribution in [3.63, 3.8) is 0 Å². The number of hydrogen-bond acceptors (Lipinski definition) is 2. The second-order valence-corrected chi connectivity index (χ2v) is 6.42. The Morgan fingerprint density at radius 1 is 0.920 bits per heavy atom. The Bertz CT molecular complexity index is 1000. The highest BCUT2D eigenvalue weighted by Gasteiger charge is 2.26. The topological polar surface area (TPSA) is 80.4 Å². The number of benzene rings is 3. The lowest BCUT2D eigenvalue weighted by atomic mass is 9.86. The lowest BCUT2D eigenvalue weighted by Gasteiger charge is -2.18. The maximum Gasteiger partial charge on any atom is 0.336 e. The van der Waals surface area contributed by atoms with Crippen molar-refractivity contribution in [2.75, 3.05) is 0 Å². The van der Waals surface area contributed by atoms with Gasteiger partial charge in [-0.15, -0.1) is 0 Å². The first kappa shape index (κ1) is 17.3. The fourth-order valence-electron chi connectivity index (χ4n) is 2.87. The Hall–Kier alpha value is -2.56. The van der Waals surface area contributed by atoms with Crippen molar-refractivity contribution in [1.29, 1.82) is 0 Å². The van der Waals surface area contributed by atoms with Crippen LogP contribution in [0.4, 0.5) is 0 Å². The molecule has 0 aromatic heterocycles. The Balaban J connectivity index is 2.28. The van der Waals surface area contributed by atoms with Crippen molar-refractivity contribution < 1.29 is 14.7 Å². The molecule has 3 rings (SSSR count). The molecule has 1 atom stereocenters. The molecule has 0 fully saturated rings. The monoisotopic (exact) mass is 373 g/mol. The normalized spacial score (nSPS) is 12.1. The van der Waals surface area contributed by atoms with E-state index in [0.717, 1.165) is 10.8 Å². The van der Waals surface area contributed by atoms with Gasteiger partial charge in [0.15, 0.2) is 0 Å². The molecule has 4 nitrogen and oxygen atoms in total. The highest BCUT2D eigenvalue weighted by atomic mass is 35.5. The maximum atomic E-state index is 12.2. The number of amides is 1. The summed E-state index contributed by atoms with van der Waals surface area (Å²) in [5, 5.41) is 11.8. The largest absolute Gasteiger partial charge is 0.478 e. The number of carboxylic acids is 1. The minimum atomic E-state index is -1.13. The lowest BCUT2D eigenvalue weighted by molar-refractivity contribution is -0.118. The van der Waals surface area contributed by atoms with E-state index in [1.807, 2.05) is 24.3 Å². The van der Waals surface area contributed by atoms with Gasteiger partial charge in [-0.25, -0.2) is 4.79 Å². The Morgan fingerprint density at radius 2 is 1.56 bits per heavy atom. The summed E-state index contributed by atoms with van der Waals surface area (Å²) < 4.78 is 0. The highest BCUT2D eigenvalue weighted by Crippen LogP contribution is 2.34. The number of carboxylic acid groups (broad SMARTS) is 1. The van der Waals surface area contributed by atoms with Crippen molar-refractivity contribution in [1.82, 2.24) is 0 Å². The molecule has 0 saturated carbocycles. The summed E-state index contributed by atoms with van der Waals surface area (Å²) in [4.78, 5) is 23.9. The molecule has 3 aromatic carbocycles. The van der Waals surface area contributed by atoms with E-state index in [-0.39, 0.29) is 10.6 Å². The molecule has 1 unspecified atom stereocenters. The Morgan fingerprint density at radius 3 is 2.12 bits per heavy atom. The highest BCUT2D eigenvalue weighted by molar-refractivity contribution is 6.42. The standard InChI is InChI=1S/C19H13Cl2NO3/c20-15-6-5-12(9-16(15)21)17(18(22)23)13-7-10-3-1-2-4-11(10)8-14(13)19(24)25/h1-9,17H,(H2,22,23)(H,24,25). The summed E-state index contributed by atoms with van der Waals surface area (Å²) in [6.45, 7) is 0. The molecular formula is C19H13Cl2NO3. The molecule has 1 amide bonds. The third-order valence-electron chi connectivity index (χ3n) is 4.02. The number of nitrogens with two attached hydrogens (primary N) is 1. The van der Waals surface area contributed by atoms with Crippen molar-refractivity contribution in [2.24, 2.45) is 5.73 Å². The molecule has 6 heteroatoms. The van der Waals surface area contributed by atoms with Crippen molar-refractivity contribution in [3.05, 3.63) is 81.3 Å². The quantitative estimate of drug-likeness (QED) is 0.708. The molecule has 25 heavy (non-hydrogen) atoms. The van der Waals surface area contributed by atoms with Crippen LogP contribution >= 0.6 is 23.2 Å². The van der Waals surface area contributed by atoms with E-state index in [9.17, 15) is 14.7 Å². The van der Waals surface area contributed by atoms with Crippen LogP contribution in [0.5, 0.6) is 0 Å². The van der Waals surface area contributed by atoms with Gasteiger partial charge in [0.2, 0.25) is 5.91 Å². The number of fused-ring (bicyclic) bond motifs is 1. The van der Waals surface area contributed by atoms with E-state index >= 15 is 0 Å². The average Bonchev–Trinajstić information content (AvgIpc) is 2.57. The zero-order chi connectivity index (χ0) is 18.1. The summed E-state index contributed by atoms with van der Waals surface area (Å²) >= 11 is 12.0. The molecule has 0 radical (unpaired) electrons. The predicted octanol–water partition coefficient (Wildman–Crippen LogP) is 4.46. The molecule has 0 heterocycles. The molecular weight excluding hydrogens is 361 g/mol. The molecule has 0 aliphatic heterocycles. The van der Waals surface area contributed by atoms with Gasteiger partial charge in [-0.1, -0.05) is 53.5 Å². The summed E-state index contributed by atoms with van der Waals surface area (Å²) in [6.07, 6.45) is 0. The zero-order valence-corrected chi connectivity index (χ0v) is 14.4. The molecule has 0 bridgehead atoms. The third kappa shape index (κ3) is 3.31. The second-order valence-electron chi connectivity index (χ2n) is 5.60. The summed E-state index contributed by atoms with van der Waals surface area (Å²) in [5.41, 5.74) is 6.42. The second kappa shape index (κ2) is 6.75. The molecule has 0 saturated heterocycles. The summed E-state index contributed by atoms with van der Waals surface area (Å²) in [7, 11) is 0. The van der Waals surface area contributed by atoms with Gasteiger partial charge in [0, 0.05) is 0 Å². The van der Waals surface area contributed by atoms with Crippen LogP contribution in [-0.4, -0.2) is 17.0 Å². The lowest BCUT2D eigenvalue weighted by Crippen LogP contribution is -2.24. The molecule has 3 aromatic rings. The Kier molecular flexibility index (Phi) is 4.66. The fraction of sp³-hybridized carbons (Fsp3) is 0.0526. The van der Waals surface area contributed by atoms with E-state index in [1.54, 1.807) is 24.3 Å². The van der Waals surface area contributed by atoms with Gasteiger partial charge in [0.25, 0.3) is 0 Å². The van der Waals surface area contributed by atoms with Crippen LogP contribution in [0.15, 0.2) is 54.6 Å². The third-order valence-corrected chi connectivity index (χ3v) is 4.76. The predicted molar refractivity (Wildman–Crippen MR) is 98.4 cm³/mol. The van der Waals surface area contributed by atoms with Crippen LogP contribution in [0.25, 0.3) is 10.8 Å². The van der Waals surface area contributed by atoms with Gasteiger partial charge in [-0.2, -0.15) is 0 Å². The van der Waals surface area contributed by atoms with E-state index in [0.29, 0.717) is 16.1 Å². The van der Waals surface area contributed by atoms with Gasteiger partial charge in [0.1, 0.15) is 0 Å². The number of primary amides is 1. The van der Waals surface area contributed by atoms with Crippen molar-refractivity contribution >= 4 is 45.9 Å². The number of rotatable bonds is 4. The van der Waals surface area contributed by atoms with E-state index < -0.39 is 17.8 Å². The van der Waals surface area contributed by atoms with Crippen LogP contribution in [0.2, 0.25) is 10.0 Å².